The first-order chi connectivity index (χ1) is 63.4. The lowest BCUT2D eigenvalue weighted by Gasteiger charge is -2.28. The van der Waals surface area contributed by atoms with Gasteiger partial charge < -0.3 is 36.5 Å². The standard InChI is InChI=1S/C120H71N3O5/c1-3-24-87-75(20-1)52-65-99-97-34-16-32-95(118(97)127-116(87)99)89-26-5-10-36-104(89)121(83-59-48-73(49-60-83)79-55-63-93-91-28-8-13-41-109(91)124-112(93)70-79)82-57-46-72(47-58-82)78-22-15-23-85(68-78)123-106-38-12-7-30-101(106)114-86(31-18-39-107(114)123)81-45-44-77-53-66-100-98-35-17-33-96(119(98)128-120(100)103(77)69-81)90-27-6-11-37-105(90)122(108-40-19-43-111-115(108)102-67-54-76-21-2-4-25-88(76)117(102)126-111)84-61-50-74(51-62-84)80-56-64-94-92-29-9-14-42-110(92)125-113(94)71-80/h1-71H. The van der Waals surface area contributed by atoms with Crippen molar-refractivity contribution < 1.29 is 22.1 Å². The van der Waals surface area contributed by atoms with Crippen LogP contribution >= 0.6 is 0 Å². The molecule has 6 aromatic heterocycles. The molecular formula is C120H71N3O5. The van der Waals surface area contributed by atoms with E-state index in [-0.39, 0.29) is 0 Å². The minimum absolute atomic E-state index is 0.810. The third kappa shape index (κ3) is 11.1. The molecule has 27 aromatic rings. The average molecular weight is 1630 g/mol. The first-order valence-corrected chi connectivity index (χ1v) is 43.6. The second-order valence-corrected chi connectivity index (χ2v) is 33.6. The molecule has 8 nitrogen and oxygen atoms in total. The zero-order chi connectivity index (χ0) is 83.8. The molecule has 0 fully saturated rings. The Hall–Kier alpha value is -17.2. The highest BCUT2D eigenvalue weighted by molar-refractivity contribution is 6.24. The number of rotatable bonds is 13. The predicted molar refractivity (Wildman–Crippen MR) is 532 cm³/mol. The van der Waals surface area contributed by atoms with Crippen LogP contribution in [0, 0.1) is 0 Å². The van der Waals surface area contributed by atoms with Gasteiger partial charge in [-0.15, -0.1) is 0 Å². The van der Waals surface area contributed by atoms with Gasteiger partial charge in [-0.05, 0) is 206 Å². The fraction of sp³-hybridized carbons (Fsp3) is 0. The van der Waals surface area contributed by atoms with E-state index >= 15 is 0 Å². The van der Waals surface area contributed by atoms with Crippen molar-refractivity contribution in [3.63, 3.8) is 0 Å². The molecule has 0 spiro atoms. The smallest absolute Gasteiger partial charge is 0.143 e. The van der Waals surface area contributed by atoms with E-state index in [1.807, 2.05) is 24.3 Å². The zero-order valence-corrected chi connectivity index (χ0v) is 68.9. The van der Waals surface area contributed by atoms with Gasteiger partial charge in [0.25, 0.3) is 0 Å². The molecule has 0 aliphatic carbocycles. The minimum atomic E-state index is 0.810. The van der Waals surface area contributed by atoms with E-state index in [0.29, 0.717) is 0 Å². The lowest BCUT2D eigenvalue weighted by atomic mass is 9.96. The van der Waals surface area contributed by atoms with Crippen molar-refractivity contribution in [2.45, 2.75) is 0 Å². The van der Waals surface area contributed by atoms with Gasteiger partial charge in [-0.1, -0.05) is 285 Å². The summed E-state index contributed by atoms with van der Waals surface area (Å²) in [4.78, 5) is 4.79. The normalized spacial score (nSPS) is 12.1. The summed E-state index contributed by atoms with van der Waals surface area (Å²) in [5.74, 6) is 0. The molecule has 596 valence electrons. The Balaban J connectivity index is 0.551. The fourth-order valence-corrected chi connectivity index (χ4v) is 20.6. The maximum absolute atomic E-state index is 7.52. The molecule has 0 aliphatic heterocycles. The Labute approximate surface area is 732 Å². The molecule has 0 aliphatic rings. The molecule has 128 heavy (non-hydrogen) atoms. The van der Waals surface area contributed by atoms with Gasteiger partial charge in [0.05, 0.1) is 33.5 Å². The molecule has 21 aromatic carbocycles. The molecule has 0 atom stereocenters. The van der Waals surface area contributed by atoms with Crippen LogP contribution < -0.4 is 9.80 Å². The van der Waals surface area contributed by atoms with Gasteiger partial charge in [0, 0.05) is 120 Å². The summed E-state index contributed by atoms with van der Waals surface area (Å²) in [5, 5.41) is 19.7. The molecule has 0 bridgehead atoms. The number of fused-ring (bicyclic) bond motifs is 24. The third-order valence-electron chi connectivity index (χ3n) is 26.6. The molecule has 0 amide bonds. The molecule has 8 heteroatoms. The van der Waals surface area contributed by atoms with Gasteiger partial charge in [-0.3, -0.25) is 0 Å². The van der Waals surface area contributed by atoms with E-state index in [0.717, 1.165) is 260 Å². The summed E-state index contributed by atoms with van der Waals surface area (Å²) in [5.41, 5.74) is 30.7. The number of benzene rings is 21. The number of furan rings is 5. The maximum Gasteiger partial charge on any atom is 0.143 e. The summed E-state index contributed by atoms with van der Waals surface area (Å²) in [6.45, 7) is 0. The highest BCUT2D eigenvalue weighted by atomic mass is 16.3. The number of hydrogen-bond donors (Lipinski definition) is 0. The number of para-hydroxylation sites is 7. The second kappa shape index (κ2) is 28.2. The van der Waals surface area contributed by atoms with E-state index in [2.05, 4.69) is 421 Å². The van der Waals surface area contributed by atoms with Crippen molar-refractivity contribution in [2.75, 3.05) is 9.80 Å². The minimum Gasteiger partial charge on any atom is -0.456 e. The molecule has 27 rings (SSSR count). The van der Waals surface area contributed by atoms with E-state index in [4.69, 9.17) is 22.1 Å². The summed E-state index contributed by atoms with van der Waals surface area (Å²) < 4.78 is 36.8. The first-order valence-electron chi connectivity index (χ1n) is 43.6. The van der Waals surface area contributed by atoms with Gasteiger partial charge in [0.1, 0.15) is 55.8 Å². The monoisotopic (exact) mass is 1630 g/mol. The van der Waals surface area contributed by atoms with Crippen molar-refractivity contribution in [1.82, 2.24) is 4.57 Å². The second-order valence-electron chi connectivity index (χ2n) is 33.6. The van der Waals surface area contributed by atoms with Crippen molar-refractivity contribution in [1.29, 1.82) is 0 Å². The number of anilines is 6. The van der Waals surface area contributed by atoms with Crippen molar-refractivity contribution in [2.24, 2.45) is 0 Å². The first kappa shape index (κ1) is 71.4. The Morgan fingerprint density at radius 1 is 0.172 bits per heavy atom. The molecule has 6 heterocycles. The van der Waals surface area contributed by atoms with Crippen LogP contribution in [0.2, 0.25) is 0 Å². The van der Waals surface area contributed by atoms with E-state index in [9.17, 15) is 0 Å². The molecule has 0 radical (unpaired) electrons. The third-order valence-corrected chi connectivity index (χ3v) is 26.6. The summed E-state index contributed by atoms with van der Waals surface area (Å²) >= 11 is 0. The van der Waals surface area contributed by atoms with Crippen LogP contribution in [0.15, 0.2) is 453 Å². The van der Waals surface area contributed by atoms with Gasteiger partial charge >= 0.3 is 0 Å². The number of nitrogens with zero attached hydrogens (tertiary/aromatic N) is 3. The Bertz CT molecular complexity index is 9300. The van der Waals surface area contributed by atoms with Crippen LogP contribution in [0.3, 0.4) is 0 Å². The summed E-state index contributed by atoms with van der Waals surface area (Å²) in [6.07, 6.45) is 0. The molecular weight excluding hydrogens is 1560 g/mol. The number of aromatic nitrogens is 1. The fourth-order valence-electron chi connectivity index (χ4n) is 20.6. The topological polar surface area (TPSA) is 77.1 Å². The maximum atomic E-state index is 7.52. The van der Waals surface area contributed by atoms with Crippen LogP contribution in [0.4, 0.5) is 34.1 Å². The van der Waals surface area contributed by atoms with Gasteiger partial charge in [0.15, 0.2) is 0 Å². The highest BCUT2D eigenvalue weighted by Crippen LogP contribution is 2.53. The summed E-state index contributed by atoms with van der Waals surface area (Å²) in [6, 6.07) is 155. The largest absolute Gasteiger partial charge is 0.456 e. The van der Waals surface area contributed by atoms with Gasteiger partial charge in [0.2, 0.25) is 0 Å². The Kier molecular flexibility index (Phi) is 15.7. The number of hydrogen-bond acceptors (Lipinski definition) is 7. The van der Waals surface area contributed by atoms with Crippen LogP contribution in [-0.2, 0) is 0 Å². The molecule has 0 N–H and O–H groups in total. The Morgan fingerprint density at radius 3 is 1.16 bits per heavy atom. The van der Waals surface area contributed by atoms with Crippen LogP contribution in [0.5, 0.6) is 0 Å². The molecule has 0 saturated carbocycles. The average Bonchev–Trinajstić information content (AvgIpc) is 1.57. The summed E-state index contributed by atoms with van der Waals surface area (Å²) in [7, 11) is 0. The van der Waals surface area contributed by atoms with Crippen LogP contribution in [0.1, 0.15) is 0 Å². The highest BCUT2D eigenvalue weighted by Gasteiger charge is 2.28. The van der Waals surface area contributed by atoms with E-state index in [1.54, 1.807) is 0 Å². The Morgan fingerprint density at radius 2 is 0.555 bits per heavy atom. The van der Waals surface area contributed by atoms with Crippen LogP contribution in [0.25, 0.3) is 236 Å². The molecule has 0 unspecified atom stereocenters. The predicted octanol–water partition coefficient (Wildman–Crippen LogP) is 34.7. The zero-order valence-electron chi connectivity index (χ0n) is 68.9. The van der Waals surface area contributed by atoms with Crippen molar-refractivity contribution in [3.8, 4) is 72.4 Å². The lowest BCUT2D eigenvalue weighted by Crippen LogP contribution is -2.11. The SMILES string of the molecule is c1cc(-c2ccc(N(c3ccc(-c4ccc5c(c4)oc4ccccc45)cc3)c3ccccc3-c3cccc4c3oc3c5ccccc5ccc43)cc2)cc(-n2c3ccccc3c3c(-c4ccc5ccc6c7cccc(-c8ccccc8N(c8ccc(-c9ccc%10c(c9)oc9ccccc9%10)cc8)c8cccc9oc%10c%11ccccc%11ccc%10c89)c7oc6c5c4)cccc32)c1. The van der Waals surface area contributed by atoms with Gasteiger partial charge in [-0.25, -0.2) is 0 Å². The van der Waals surface area contributed by atoms with Crippen LogP contribution in [-0.4, -0.2) is 4.57 Å². The van der Waals surface area contributed by atoms with Crippen molar-refractivity contribution >= 4 is 198 Å². The van der Waals surface area contributed by atoms with E-state index < -0.39 is 0 Å². The van der Waals surface area contributed by atoms with Crippen molar-refractivity contribution in [3.05, 3.63) is 431 Å². The molecule has 0 saturated heterocycles. The van der Waals surface area contributed by atoms with E-state index in [1.165, 1.54) is 10.8 Å². The lowest BCUT2D eigenvalue weighted by molar-refractivity contribution is 0.668. The van der Waals surface area contributed by atoms with Gasteiger partial charge in [-0.2, -0.15) is 0 Å². The quantitative estimate of drug-likeness (QED) is 0.114.